The fourth-order valence-corrected chi connectivity index (χ4v) is 2.73. The van der Waals surface area contributed by atoms with E-state index in [-0.39, 0.29) is 5.91 Å². The Morgan fingerprint density at radius 1 is 0.968 bits per heavy atom. The lowest BCUT2D eigenvalue weighted by molar-refractivity contribution is -0.120. The van der Waals surface area contributed by atoms with Gasteiger partial charge in [0.2, 0.25) is 5.91 Å². The fourth-order valence-electron chi connectivity index (χ4n) is 2.73. The first kappa shape index (κ1) is 27.8. The second kappa shape index (κ2) is 15.6. The molecule has 0 bridgehead atoms. The van der Waals surface area contributed by atoms with E-state index in [0.29, 0.717) is 6.42 Å². The molecule has 6 nitrogen and oxygen atoms in total. The van der Waals surface area contributed by atoms with Crippen LogP contribution in [0.4, 0.5) is 0 Å². The van der Waals surface area contributed by atoms with Gasteiger partial charge in [-0.1, -0.05) is 55.0 Å². The summed E-state index contributed by atoms with van der Waals surface area (Å²) in [6.07, 6.45) is 0.591. The Balaban J connectivity index is 0.000000696. The fraction of sp³-hybridized carbons (Fsp3) is 0.320. The summed E-state index contributed by atoms with van der Waals surface area (Å²) in [5, 5.41) is 14.4. The Bertz CT molecular complexity index is 888. The molecule has 3 rings (SSSR count). The van der Waals surface area contributed by atoms with Crippen LogP contribution in [0.25, 0.3) is 16.9 Å². The van der Waals surface area contributed by atoms with E-state index >= 15 is 0 Å². The number of rotatable bonds is 4. The second-order valence-electron chi connectivity index (χ2n) is 6.48. The van der Waals surface area contributed by atoms with Crippen molar-refractivity contribution in [3.63, 3.8) is 0 Å². The molecule has 1 aromatic heterocycles. The smallest absolute Gasteiger partial charge is 0.219 e. The third-order valence-electron chi connectivity index (χ3n) is 4.38. The van der Waals surface area contributed by atoms with E-state index in [0.717, 1.165) is 25.0 Å². The number of aryl methyl sites for hydroxylation is 2. The van der Waals surface area contributed by atoms with E-state index in [1.807, 2.05) is 43.5 Å². The predicted octanol–water partition coefficient (Wildman–Crippen LogP) is 4.42. The van der Waals surface area contributed by atoms with Crippen molar-refractivity contribution < 1.29 is 14.7 Å². The Morgan fingerprint density at radius 3 is 1.97 bits per heavy atom. The number of para-hydroxylation sites is 1. The molecule has 2 aromatic carbocycles. The van der Waals surface area contributed by atoms with Gasteiger partial charge in [0.1, 0.15) is 6.79 Å². The number of carbonyl (C=O) groups excluding carboxylic acids is 2. The van der Waals surface area contributed by atoms with E-state index in [4.69, 9.17) is 15.0 Å². The van der Waals surface area contributed by atoms with Crippen LogP contribution in [0.5, 0.6) is 0 Å². The molecule has 0 saturated carbocycles. The van der Waals surface area contributed by atoms with Crippen molar-refractivity contribution in [2.75, 3.05) is 13.7 Å². The largest absolute Gasteiger partial charge is 0.400 e. The van der Waals surface area contributed by atoms with Gasteiger partial charge in [-0.3, -0.25) is 4.79 Å². The molecular formula is C25H35N3O3. The van der Waals surface area contributed by atoms with Crippen LogP contribution in [0, 0.1) is 20.8 Å². The van der Waals surface area contributed by atoms with Crippen molar-refractivity contribution in [2.24, 2.45) is 0 Å². The van der Waals surface area contributed by atoms with Crippen molar-refractivity contribution in [3.8, 4) is 16.9 Å². The summed E-state index contributed by atoms with van der Waals surface area (Å²) in [6.45, 7) is 12.8. The Hall–Kier alpha value is -3.25. The van der Waals surface area contributed by atoms with Crippen LogP contribution < -0.4 is 5.32 Å². The van der Waals surface area contributed by atoms with Gasteiger partial charge in [0.15, 0.2) is 0 Å². The minimum atomic E-state index is 0.127. The third-order valence-corrected chi connectivity index (χ3v) is 4.38. The predicted molar refractivity (Wildman–Crippen MR) is 127 cm³/mol. The number of aliphatic hydroxyl groups is 1. The molecule has 3 aromatic rings. The summed E-state index contributed by atoms with van der Waals surface area (Å²) in [5.74, 6) is 0.127. The highest BCUT2D eigenvalue weighted by Crippen LogP contribution is 2.28. The number of nitrogens with zero attached hydrogens (tertiary/aromatic N) is 2. The summed E-state index contributed by atoms with van der Waals surface area (Å²) in [5.41, 5.74) is 7.06. The monoisotopic (exact) mass is 425 g/mol. The minimum absolute atomic E-state index is 0.127. The number of hydrogen-bond acceptors (Lipinski definition) is 4. The number of benzene rings is 2. The second-order valence-corrected chi connectivity index (χ2v) is 6.48. The van der Waals surface area contributed by atoms with Gasteiger partial charge in [0.05, 0.1) is 17.1 Å². The SMILES string of the molecule is C=O.CCNC(=O)CC.CO.Cc1ccc(-c2c(C)c(C)nn2-c2ccccc2)cc1. The van der Waals surface area contributed by atoms with Gasteiger partial charge in [-0.25, -0.2) is 4.68 Å². The average molecular weight is 426 g/mol. The number of nitrogens with one attached hydrogen (secondary N) is 1. The maximum atomic E-state index is 10.3. The molecule has 6 heteroatoms. The molecule has 1 amide bonds. The molecule has 0 saturated heterocycles. The summed E-state index contributed by atoms with van der Waals surface area (Å²) < 4.78 is 2.04. The summed E-state index contributed by atoms with van der Waals surface area (Å²) in [6, 6.07) is 18.9. The number of amides is 1. The van der Waals surface area contributed by atoms with Crippen LogP contribution in [-0.4, -0.2) is 41.2 Å². The normalized spacial score (nSPS) is 9.13. The first-order valence-electron chi connectivity index (χ1n) is 10.2. The molecule has 168 valence electrons. The van der Waals surface area contributed by atoms with E-state index < -0.39 is 0 Å². The summed E-state index contributed by atoms with van der Waals surface area (Å²) in [4.78, 5) is 18.3. The van der Waals surface area contributed by atoms with Gasteiger partial charge < -0.3 is 15.2 Å². The standard InChI is InChI=1S/C18H18N2.C5H11NO.CH4O.CH2O/c1-13-9-11-16(12-10-13)18-14(2)15(3)19-20(18)17-7-5-4-6-8-17;1-3-5(7)6-4-2;2*1-2/h4-12H,1-3H3;3-4H2,1-2H3,(H,6,7);2H,1H3;1H2. The lowest BCUT2D eigenvalue weighted by Gasteiger charge is -2.09. The van der Waals surface area contributed by atoms with E-state index in [1.54, 1.807) is 0 Å². The topological polar surface area (TPSA) is 84.2 Å². The number of hydrogen-bond donors (Lipinski definition) is 2. The highest BCUT2D eigenvalue weighted by atomic mass is 16.2. The van der Waals surface area contributed by atoms with Crippen LogP contribution >= 0.6 is 0 Å². The average Bonchev–Trinajstić information content (AvgIpc) is 3.12. The van der Waals surface area contributed by atoms with Crippen molar-refractivity contribution >= 4 is 12.7 Å². The van der Waals surface area contributed by atoms with Gasteiger partial charge in [0, 0.05) is 25.6 Å². The minimum Gasteiger partial charge on any atom is -0.400 e. The molecule has 0 aliphatic heterocycles. The van der Waals surface area contributed by atoms with Crippen LogP contribution in [-0.2, 0) is 9.59 Å². The maximum Gasteiger partial charge on any atom is 0.219 e. The van der Waals surface area contributed by atoms with E-state index in [2.05, 4.69) is 62.5 Å². The first-order valence-corrected chi connectivity index (χ1v) is 10.2. The van der Waals surface area contributed by atoms with Crippen molar-refractivity contribution in [1.82, 2.24) is 15.1 Å². The third kappa shape index (κ3) is 8.56. The molecule has 31 heavy (non-hydrogen) atoms. The number of carbonyl (C=O) groups is 2. The van der Waals surface area contributed by atoms with Crippen molar-refractivity contribution in [1.29, 1.82) is 0 Å². The Morgan fingerprint density at radius 2 is 1.52 bits per heavy atom. The number of aromatic nitrogens is 2. The Kier molecular flexibility index (Phi) is 13.9. The zero-order valence-electron chi connectivity index (χ0n) is 19.5. The van der Waals surface area contributed by atoms with Gasteiger partial charge in [-0.05, 0) is 45.4 Å². The van der Waals surface area contributed by atoms with Crippen LogP contribution in [0.2, 0.25) is 0 Å². The molecule has 0 aliphatic carbocycles. The quantitative estimate of drug-likeness (QED) is 0.648. The number of aliphatic hydroxyl groups excluding tert-OH is 1. The van der Waals surface area contributed by atoms with Crippen molar-refractivity contribution in [3.05, 3.63) is 71.4 Å². The summed E-state index contributed by atoms with van der Waals surface area (Å²) >= 11 is 0. The lowest BCUT2D eigenvalue weighted by atomic mass is 10.1. The van der Waals surface area contributed by atoms with Gasteiger partial charge >= 0.3 is 0 Å². The first-order chi connectivity index (χ1) is 15.0. The van der Waals surface area contributed by atoms with Crippen LogP contribution in [0.1, 0.15) is 37.1 Å². The molecule has 0 aliphatic rings. The van der Waals surface area contributed by atoms with Gasteiger partial charge in [0.25, 0.3) is 0 Å². The molecule has 0 fully saturated rings. The van der Waals surface area contributed by atoms with Crippen LogP contribution in [0.3, 0.4) is 0 Å². The molecule has 0 radical (unpaired) electrons. The highest BCUT2D eigenvalue weighted by Gasteiger charge is 2.14. The lowest BCUT2D eigenvalue weighted by Crippen LogP contribution is -2.20. The molecule has 1 heterocycles. The summed E-state index contributed by atoms with van der Waals surface area (Å²) in [7, 11) is 1.00. The van der Waals surface area contributed by atoms with E-state index in [1.165, 1.54) is 22.4 Å². The van der Waals surface area contributed by atoms with E-state index in [9.17, 15) is 4.79 Å². The molecular weight excluding hydrogens is 390 g/mol. The molecule has 2 N–H and O–H groups in total. The molecule has 0 spiro atoms. The van der Waals surface area contributed by atoms with Crippen LogP contribution in [0.15, 0.2) is 54.6 Å². The van der Waals surface area contributed by atoms with Gasteiger partial charge in [-0.2, -0.15) is 5.10 Å². The van der Waals surface area contributed by atoms with Gasteiger partial charge in [-0.15, -0.1) is 0 Å². The highest BCUT2D eigenvalue weighted by molar-refractivity contribution is 5.75. The Labute approximate surface area is 185 Å². The maximum absolute atomic E-state index is 10.3. The van der Waals surface area contributed by atoms with Crippen molar-refractivity contribution in [2.45, 2.75) is 41.0 Å². The zero-order valence-corrected chi connectivity index (χ0v) is 19.5. The zero-order chi connectivity index (χ0) is 23.8. The molecule has 0 unspecified atom stereocenters. The molecule has 0 atom stereocenters.